The molecule has 1 heterocycles. The summed E-state index contributed by atoms with van der Waals surface area (Å²) >= 11 is 11.9. The van der Waals surface area contributed by atoms with Crippen LogP contribution >= 0.6 is 23.2 Å². The summed E-state index contributed by atoms with van der Waals surface area (Å²) in [6, 6.07) is 5.50. The Morgan fingerprint density at radius 3 is 2.70 bits per heavy atom. The molecule has 0 spiro atoms. The molecule has 1 aromatic rings. The first kappa shape index (κ1) is 18.4. The van der Waals surface area contributed by atoms with E-state index in [1.165, 1.54) is 0 Å². The molecule has 1 aliphatic rings. The van der Waals surface area contributed by atoms with E-state index in [0.717, 1.165) is 24.9 Å². The molecule has 0 radical (unpaired) electrons. The number of nitrogens with zero attached hydrogens (tertiary/aromatic N) is 1. The van der Waals surface area contributed by atoms with Crippen molar-refractivity contribution in [2.24, 2.45) is 0 Å². The molecule has 0 aromatic heterocycles. The van der Waals surface area contributed by atoms with Gasteiger partial charge in [-0.3, -0.25) is 0 Å². The normalized spacial score (nSPS) is 18.3. The first-order chi connectivity index (χ1) is 10.8. The van der Waals surface area contributed by atoms with Crippen molar-refractivity contribution in [3.8, 4) is 0 Å². The number of benzene rings is 1. The fourth-order valence-corrected chi connectivity index (χ4v) is 2.83. The van der Waals surface area contributed by atoms with E-state index in [1.54, 1.807) is 17.0 Å². The maximum absolute atomic E-state index is 12.2. The molecular formula is C17H23Cl2NO3. The smallest absolute Gasteiger partial charge is 0.410 e. The summed E-state index contributed by atoms with van der Waals surface area (Å²) in [5.74, 6) is 0. The van der Waals surface area contributed by atoms with Gasteiger partial charge in [0.1, 0.15) is 5.60 Å². The molecule has 128 valence electrons. The third kappa shape index (κ3) is 5.55. The van der Waals surface area contributed by atoms with E-state index < -0.39 is 5.60 Å². The average molecular weight is 360 g/mol. The first-order valence-corrected chi connectivity index (χ1v) is 8.53. The topological polar surface area (TPSA) is 38.8 Å². The lowest BCUT2D eigenvalue weighted by atomic mass is 10.2. The third-order valence-corrected chi connectivity index (χ3v) is 4.31. The van der Waals surface area contributed by atoms with Crippen molar-refractivity contribution in [2.45, 2.75) is 51.9 Å². The molecule has 1 unspecified atom stereocenters. The van der Waals surface area contributed by atoms with Gasteiger partial charge in [0.15, 0.2) is 0 Å². The van der Waals surface area contributed by atoms with E-state index in [0.29, 0.717) is 23.3 Å². The van der Waals surface area contributed by atoms with Crippen LogP contribution < -0.4 is 0 Å². The monoisotopic (exact) mass is 359 g/mol. The predicted octanol–water partition coefficient (Wildman–Crippen LogP) is 4.91. The summed E-state index contributed by atoms with van der Waals surface area (Å²) in [5, 5.41) is 1.05. The SMILES string of the molecule is CC(C)(C)OC(=O)N1CCCC1COCc1ccc(Cl)c(Cl)c1. The molecule has 2 rings (SSSR count). The van der Waals surface area contributed by atoms with Crippen LogP contribution in [0.4, 0.5) is 4.79 Å². The van der Waals surface area contributed by atoms with Crippen molar-refractivity contribution < 1.29 is 14.3 Å². The number of halogens is 2. The molecule has 0 aliphatic carbocycles. The van der Waals surface area contributed by atoms with Gasteiger partial charge in [-0.25, -0.2) is 4.79 Å². The summed E-state index contributed by atoms with van der Waals surface area (Å²) in [4.78, 5) is 14.0. The molecule has 1 saturated heterocycles. The number of rotatable bonds is 4. The van der Waals surface area contributed by atoms with Crippen molar-refractivity contribution in [3.63, 3.8) is 0 Å². The van der Waals surface area contributed by atoms with Crippen LogP contribution in [0.2, 0.25) is 10.0 Å². The number of carbonyl (C=O) groups is 1. The lowest BCUT2D eigenvalue weighted by molar-refractivity contribution is 0.00883. The summed E-state index contributed by atoms with van der Waals surface area (Å²) in [5.41, 5.74) is 0.478. The molecular weight excluding hydrogens is 337 g/mol. The first-order valence-electron chi connectivity index (χ1n) is 7.77. The predicted molar refractivity (Wildman–Crippen MR) is 92.1 cm³/mol. The highest BCUT2D eigenvalue weighted by atomic mass is 35.5. The van der Waals surface area contributed by atoms with Crippen molar-refractivity contribution in [2.75, 3.05) is 13.2 Å². The van der Waals surface area contributed by atoms with E-state index in [-0.39, 0.29) is 12.1 Å². The van der Waals surface area contributed by atoms with Crippen LogP contribution in [0.3, 0.4) is 0 Å². The van der Waals surface area contributed by atoms with Crippen LogP contribution in [0.15, 0.2) is 18.2 Å². The van der Waals surface area contributed by atoms with Crippen LogP contribution in [-0.4, -0.2) is 35.8 Å². The Morgan fingerprint density at radius 2 is 2.04 bits per heavy atom. The Hall–Kier alpha value is -0.970. The van der Waals surface area contributed by atoms with Gasteiger partial charge in [-0.2, -0.15) is 0 Å². The molecule has 0 N–H and O–H groups in total. The zero-order chi connectivity index (χ0) is 17.0. The van der Waals surface area contributed by atoms with Crippen LogP contribution in [-0.2, 0) is 16.1 Å². The highest BCUT2D eigenvalue weighted by Crippen LogP contribution is 2.24. The highest BCUT2D eigenvalue weighted by molar-refractivity contribution is 6.42. The van der Waals surface area contributed by atoms with Gasteiger partial charge >= 0.3 is 6.09 Å². The molecule has 1 atom stereocenters. The van der Waals surface area contributed by atoms with Crippen LogP contribution in [0.25, 0.3) is 0 Å². The van der Waals surface area contributed by atoms with Crippen LogP contribution in [0.5, 0.6) is 0 Å². The number of carbonyl (C=O) groups excluding carboxylic acids is 1. The zero-order valence-corrected chi connectivity index (χ0v) is 15.3. The van der Waals surface area contributed by atoms with Gasteiger partial charge in [-0.1, -0.05) is 29.3 Å². The molecule has 1 aliphatic heterocycles. The van der Waals surface area contributed by atoms with Gasteiger partial charge < -0.3 is 14.4 Å². The van der Waals surface area contributed by atoms with Gasteiger partial charge in [-0.15, -0.1) is 0 Å². The lowest BCUT2D eigenvalue weighted by Crippen LogP contribution is -2.41. The second kappa shape index (κ2) is 7.73. The van der Waals surface area contributed by atoms with Crippen molar-refractivity contribution in [1.82, 2.24) is 4.90 Å². The molecule has 0 saturated carbocycles. The molecule has 0 bridgehead atoms. The van der Waals surface area contributed by atoms with Crippen LogP contribution in [0.1, 0.15) is 39.2 Å². The molecule has 1 fully saturated rings. The average Bonchev–Trinajstić information content (AvgIpc) is 2.89. The minimum Gasteiger partial charge on any atom is -0.444 e. The second-order valence-corrected chi connectivity index (χ2v) is 7.55. The fourth-order valence-electron chi connectivity index (χ4n) is 2.51. The molecule has 23 heavy (non-hydrogen) atoms. The van der Waals surface area contributed by atoms with Gasteiger partial charge in [0, 0.05) is 6.54 Å². The third-order valence-electron chi connectivity index (χ3n) is 3.57. The Balaban J connectivity index is 1.84. The van der Waals surface area contributed by atoms with Gasteiger partial charge in [0.05, 0.1) is 29.3 Å². The fraction of sp³-hybridized carbons (Fsp3) is 0.588. The minimum absolute atomic E-state index is 0.0626. The summed E-state index contributed by atoms with van der Waals surface area (Å²) in [6.45, 7) is 7.26. The van der Waals surface area contributed by atoms with E-state index in [9.17, 15) is 4.79 Å². The molecule has 6 heteroatoms. The number of amides is 1. The number of hydrogen-bond acceptors (Lipinski definition) is 3. The largest absolute Gasteiger partial charge is 0.444 e. The Bertz CT molecular complexity index is 557. The van der Waals surface area contributed by atoms with Crippen molar-refractivity contribution in [1.29, 1.82) is 0 Å². The van der Waals surface area contributed by atoms with E-state index >= 15 is 0 Å². The van der Waals surface area contributed by atoms with E-state index in [4.69, 9.17) is 32.7 Å². The Kier molecular flexibility index (Phi) is 6.18. The number of hydrogen-bond donors (Lipinski definition) is 0. The minimum atomic E-state index is -0.481. The van der Waals surface area contributed by atoms with Gasteiger partial charge in [0.25, 0.3) is 0 Å². The standard InChI is InChI=1S/C17H23Cl2NO3/c1-17(2,3)23-16(21)20-8-4-5-13(20)11-22-10-12-6-7-14(18)15(19)9-12/h6-7,9,13H,4-5,8,10-11H2,1-3H3. The van der Waals surface area contributed by atoms with Crippen LogP contribution in [0, 0.1) is 0 Å². The summed E-state index contributed by atoms with van der Waals surface area (Å²) in [6.07, 6.45) is 1.64. The number of likely N-dealkylation sites (tertiary alicyclic amines) is 1. The lowest BCUT2D eigenvalue weighted by Gasteiger charge is -2.28. The molecule has 1 amide bonds. The van der Waals surface area contributed by atoms with E-state index in [1.807, 2.05) is 26.8 Å². The molecule has 4 nitrogen and oxygen atoms in total. The second-order valence-electron chi connectivity index (χ2n) is 6.73. The summed E-state index contributed by atoms with van der Waals surface area (Å²) < 4.78 is 11.2. The van der Waals surface area contributed by atoms with Gasteiger partial charge in [-0.05, 0) is 51.3 Å². The Morgan fingerprint density at radius 1 is 1.30 bits per heavy atom. The number of ether oxygens (including phenoxy) is 2. The van der Waals surface area contributed by atoms with Crippen molar-refractivity contribution in [3.05, 3.63) is 33.8 Å². The summed E-state index contributed by atoms with van der Waals surface area (Å²) in [7, 11) is 0. The van der Waals surface area contributed by atoms with Crippen molar-refractivity contribution >= 4 is 29.3 Å². The van der Waals surface area contributed by atoms with E-state index in [2.05, 4.69) is 0 Å². The maximum Gasteiger partial charge on any atom is 0.410 e. The molecule has 1 aromatic carbocycles. The maximum atomic E-state index is 12.2. The zero-order valence-electron chi connectivity index (χ0n) is 13.8. The highest BCUT2D eigenvalue weighted by Gasteiger charge is 2.32. The quantitative estimate of drug-likeness (QED) is 0.766. The Labute approximate surface area is 147 Å². The van der Waals surface area contributed by atoms with Gasteiger partial charge in [0.2, 0.25) is 0 Å².